The molecule has 3 aliphatic rings. The van der Waals surface area contributed by atoms with Crippen LogP contribution in [-0.2, 0) is 0 Å². The van der Waals surface area contributed by atoms with Crippen LogP contribution in [0.5, 0.6) is 0 Å². The van der Waals surface area contributed by atoms with Crippen LogP contribution in [0.3, 0.4) is 0 Å². The Kier molecular flexibility index (Phi) is 2.97. The number of nitrogens with one attached hydrogen (secondary N) is 1. The maximum absolute atomic E-state index is 6.37. The minimum absolute atomic E-state index is 0.137. The van der Waals surface area contributed by atoms with Crippen molar-refractivity contribution < 1.29 is 0 Å². The molecule has 3 N–H and O–H groups in total. The summed E-state index contributed by atoms with van der Waals surface area (Å²) in [7, 11) is 0. The molecule has 0 heterocycles. The number of nitrogens with two attached hydrogens (primary N) is 1. The highest BCUT2D eigenvalue weighted by atomic mass is 14.9. The molecule has 0 saturated heterocycles. The van der Waals surface area contributed by atoms with Gasteiger partial charge in [-0.15, -0.1) is 0 Å². The van der Waals surface area contributed by atoms with Crippen LogP contribution in [0, 0.1) is 17.8 Å². The van der Waals surface area contributed by atoms with Gasteiger partial charge in [0.25, 0.3) is 0 Å². The van der Waals surface area contributed by atoms with Crippen LogP contribution >= 0.6 is 0 Å². The van der Waals surface area contributed by atoms with Crippen molar-refractivity contribution >= 4 is 0 Å². The molecule has 2 nitrogen and oxygen atoms in total. The Bertz CT molecular complexity index is 225. The first kappa shape index (κ1) is 11.0. The summed E-state index contributed by atoms with van der Waals surface area (Å²) in [6, 6.07) is 0. The summed E-state index contributed by atoms with van der Waals surface area (Å²) >= 11 is 0. The topological polar surface area (TPSA) is 38.0 Å². The van der Waals surface area contributed by atoms with Crippen molar-refractivity contribution in [2.75, 3.05) is 13.1 Å². The third-order valence-electron chi connectivity index (χ3n) is 4.91. The maximum atomic E-state index is 6.37. The minimum atomic E-state index is 0.137. The van der Waals surface area contributed by atoms with Crippen LogP contribution < -0.4 is 11.1 Å². The zero-order chi connectivity index (χ0) is 11.0. The monoisotopic (exact) mass is 222 g/mol. The van der Waals surface area contributed by atoms with Gasteiger partial charge in [0.05, 0.1) is 0 Å². The molecular weight excluding hydrogens is 196 g/mol. The lowest BCUT2D eigenvalue weighted by Gasteiger charge is -2.26. The molecule has 0 radical (unpaired) electrons. The summed E-state index contributed by atoms with van der Waals surface area (Å²) in [5, 5.41) is 3.69. The summed E-state index contributed by atoms with van der Waals surface area (Å²) in [5.41, 5.74) is 6.50. The second-order valence-corrected chi connectivity index (χ2v) is 6.54. The van der Waals surface area contributed by atoms with E-state index in [4.69, 9.17) is 5.73 Å². The molecule has 3 saturated carbocycles. The maximum Gasteiger partial charge on any atom is 0.0280 e. The highest BCUT2D eigenvalue weighted by molar-refractivity contribution is 4.95. The SMILES string of the molecule is NC1(CNCC(C2CC2)C2CC2)CCCC1. The van der Waals surface area contributed by atoms with Crippen LogP contribution in [0.25, 0.3) is 0 Å². The Morgan fingerprint density at radius 1 is 1.06 bits per heavy atom. The van der Waals surface area contributed by atoms with Crippen molar-refractivity contribution in [3.8, 4) is 0 Å². The number of hydrogen-bond acceptors (Lipinski definition) is 2. The summed E-state index contributed by atoms with van der Waals surface area (Å²) in [6.45, 7) is 2.30. The normalized spacial score (nSPS) is 28.9. The van der Waals surface area contributed by atoms with Gasteiger partial charge in [0.2, 0.25) is 0 Å². The average molecular weight is 222 g/mol. The summed E-state index contributed by atoms with van der Waals surface area (Å²) in [5.74, 6) is 3.12. The van der Waals surface area contributed by atoms with Gasteiger partial charge < -0.3 is 11.1 Å². The van der Waals surface area contributed by atoms with Crippen molar-refractivity contribution in [3.05, 3.63) is 0 Å². The molecular formula is C14H26N2. The van der Waals surface area contributed by atoms with Gasteiger partial charge in [-0.25, -0.2) is 0 Å². The molecule has 0 aromatic heterocycles. The summed E-state index contributed by atoms with van der Waals surface area (Å²) < 4.78 is 0. The summed E-state index contributed by atoms with van der Waals surface area (Å²) in [4.78, 5) is 0. The molecule has 0 bridgehead atoms. The average Bonchev–Trinajstić information content (AvgIpc) is 3.16. The molecule has 0 spiro atoms. The number of hydrogen-bond donors (Lipinski definition) is 2. The first-order valence-electron chi connectivity index (χ1n) is 7.26. The molecule has 92 valence electrons. The van der Waals surface area contributed by atoms with Crippen molar-refractivity contribution in [2.45, 2.75) is 56.9 Å². The van der Waals surface area contributed by atoms with Crippen LogP contribution in [0.15, 0.2) is 0 Å². The molecule has 16 heavy (non-hydrogen) atoms. The van der Waals surface area contributed by atoms with E-state index >= 15 is 0 Å². The van der Waals surface area contributed by atoms with Gasteiger partial charge in [-0.2, -0.15) is 0 Å². The van der Waals surface area contributed by atoms with Gasteiger partial charge >= 0.3 is 0 Å². The van der Waals surface area contributed by atoms with Crippen LogP contribution in [0.1, 0.15) is 51.4 Å². The van der Waals surface area contributed by atoms with Crippen molar-refractivity contribution in [2.24, 2.45) is 23.5 Å². The smallest absolute Gasteiger partial charge is 0.0280 e. The molecule has 0 aromatic carbocycles. The van der Waals surface area contributed by atoms with E-state index in [1.165, 1.54) is 57.9 Å². The Balaban J connectivity index is 1.41. The Hall–Kier alpha value is -0.0800. The largest absolute Gasteiger partial charge is 0.324 e. The van der Waals surface area contributed by atoms with E-state index in [0.29, 0.717) is 0 Å². The molecule has 0 aromatic rings. The van der Waals surface area contributed by atoms with Gasteiger partial charge in [0, 0.05) is 12.1 Å². The predicted molar refractivity (Wildman–Crippen MR) is 67.2 cm³/mol. The fourth-order valence-electron chi connectivity index (χ4n) is 3.51. The van der Waals surface area contributed by atoms with Gasteiger partial charge in [-0.05, 0) is 62.8 Å². The molecule has 2 heteroatoms. The molecule has 3 rings (SSSR count). The third kappa shape index (κ3) is 2.60. The van der Waals surface area contributed by atoms with E-state index in [-0.39, 0.29) is 5.54 Å². The fraction of sp³-hybridized carbons (Fsp3) is 1.00. The second-order valence-electron chi connectivity index (χ2n) is 6.54. The van der Waals surface area contributed by atoms with E-state index < -0.39 is 0 Å². The van der Waals surface area contributed by atoms with Gasteiger partial charge in [0.1, 0.15) is 0 Å². The highest BCUT2D eigenvalue weighted by Crippen LogP contribution is 2.48. The van der Waals surface area contributed by atoms with Gasteiger partial charge in [0.15, 0.2) is 0 Å². The Labute approximate surface area is 99.4 Å². The predicted octanol–water partition coefficient (Wildman–Crippen LogP) is 2.28. The van der Waals surface area contributed by atoms with E-state index in [1.807, 2.05) is 0 Å². The molecule has 0 aliphatic heterocycles. The molecule has 0 unspecified atom stereocenters. The molecule has 3 aliphatic carbocycles. The van der Waals surface area contributed by atoms with Crippen molar-refractivity contribution in [1.82, 2.24) is 5.32 Å². The zero-order valence-corrected chi connectivity index (χ0v) is 10.4. The lowest BCUT2D eigenvalue weighted by atomic mass is 9.96. The Morgan fingerprint density at radius 2 is 1.62 bits per heavy atom. The second kappa shape index (κ2) is 4.30. The molecule has 3 fully saturated rings. The quantitative estimate of drug-likeness (QED) is 0.723. The standard InChI is InChI=1S/C14H26N2/c15-14(7-1-2-8-14)10-16-9-13(11-3-4-11)12-5-6-12/h11-13,16H,1-10,15H2. The molecule has 0 amide bonds. The fourth-order valence-corrected chi connectivity index (χ4v) is 3.51. The van der Waals surface area contributed by atoms with E-state index in [0.717, 1.165) is 24.3 Å². The van der Waals surface area contributed by atoms with Gasteiger partial charge in [-0.1, -0.05) is 12.8 Å². The van der Waals surface area contributed by atoms with E-state index in [2.05, 4.69) is 5.32 Å². The van der Waals surface area contributed by atoms with E-state index in [9.17, 15) is 0 Å². The van der Waals surface area contributed by atoms with Crippen molar-refractivity contribution in [3.63, 3.8) is 0 Å². The highest BCUT2D eigenvalue weighted by Gasteiger charge is 2.41. The van der Waals surface area contributed by atoms with Crippen LogP contribution in [0.2, 0.25) is 0 Å². The number of rotatable bonds is 6. The van der Waals surface area contributed by atoms with Crippen molar-refractivity contribution in [1.29, 1.82) is 0 Å². The lowest BCUT2D eigenvalue weighted by Crippen LogP contribution is -2.47. The third-order valence-corrected chi connectivity index (χ3v) is 4.91. The van der Waals surface area contributed by atoms with Crippen LogP contribution in [-0.4, -0.2) is 18.6 Å². The lowest BCUT2D eigenvalue weighted by molar-refractivity contribution is 0.340. The van der Waals surface area contributed by atoms with Gasteiger partial charge in [-0.3, -0.25) is 0 Å². The van der Waals surface area contributed by atoms with E-state index in [1.54, 1.807) is 0 Å². The minimum Gasteiger partial charge on any atom is -0.324 e. The first-order valence-corrected chi connectivity index (χ1v) is 7.26. The van der Waals surface area contributed by atoms with Crippen LogP contribution in [0.4, 0.5) is 0 Å². The first-order chi connectivity index (χ1) is 7.77. The Morgan fingerprint density at radius 3 is 2.12 bits per heavy atom. The zero-order valence-electron chi connectivity index (χ0n) is 10.4. The molecule has 0 atom stereocenters. The summed E-state index contributed by atoms with van der Waals surface area (Å²) in [6.07, 6.45) is 11.1.